The van der Waals surface area contributed by atoms with Crippen molar-refractivity contribution in [2.24, 2.45) is 0 Å². The summed E-state index contributed by atoms with van der Waals surface area (Å²) in [6, 6.07) is 20.1. The standard InChI is InChI=1S/C24H21N5O3S/c1-16(23(30)26-19-6-3-5-17(13-19)14-25)33-24-28-27-22(18-8-10-20(31-2)11-9-18)29(24)15-21-7-4-12-32-21/h3-13,16H,15H2,1-2H3,(H,26,30). The van der Waals surface area contributed by atoms with Gasteiger partial charge in [0.25, 0.3) is 0 Å². The van der Waals surface area contributed by atoms with Gasteiger partial charge in [-0.1, -0.05) is 17.8 Å². The molecule has 1 amide bonds. The van der Waals surface area contributed by atoms with Crippen LogP contribution in [0.5, 0.6) is 5.75 Å². The summed E-state index contributed by atoms with van der Waals surface area (Å²) in [6.07, 6.45) is 1.62. The minimum atomic E-state index is -0.459. The zero-order chi connectivity index (χ0) is 23.2. The number of methoxy groups -OCH3 is 1. The number of nitrogens with one attached hydrogen (secondary N) is 1. The fourth-order valence-electron chi connectivity index (χ4n) is 3.15. The van der Waals surface area contributed by atoms with E-state index in [1.54, 1.807) is 44.6 Å². The molecule has 0 bridgehead atoms. The Morgan fingerprint density at radius 1 is 1.21 bits per heavy atom. The molecule has 0 aliphatic rings. The van der Waals surface area contributed by atoms with Crippen molar-refractivity contribution in [3.05, 3.63) is 78.3 Å². The number of rotatable bonds is 8. The molecule has 2 heterocycles. The SMILES string of the molecule is COc1ccc(-c2nnc(SC(C)C(=O)Nc3cccc(C#N)c3)n2Cc2ccco2)cc1. The Bertz CT molecular complexity index is 1280. The van der Waals surface area contributed by atoms with Crippen molar-refractivity contribution in [1.29, 1.82) is 5.26 Å². The Labute approximate surface area is 195 Å². The predicted molar refractivity (Wildman–Crippen MR) is 125 cm³/mol. The van der Waals surface area contributed by atoms with E-state index in [0.717, 1.165) is 17.1 Å². The number of anilines is 1. The van der Waals surface area contributed by atoms with Crippen LogP contribution in [-0.4, -0.2) is 33.0 Å². The number of nitrogens with zero attached hydrogens (tertiary/aromatic N) is 4. The van der Waals surface area contributed by atoms with Gasteiger partial charge >= 0.3 is 0 Å². The Morgan fingerprint density at radius 2 is 2.03 bits per heavy atom. The largest absolute Gasteiger partial charge is 0.497 e. The Kier molecular flexibility index (Phi) is 6.76. The maximum atomic E-state index is 12.8. The molecular weight excluding hydrogens is 438 g/mol. The van der Waals surface area contributed by atoms with Crippen LogP contribution in [0, 0.1) is 11.3 Å². The van der Waals surface area contributed by atoms with Gasteiger partial charge in [-0.05, 0) is 61.5 Å². The van der Waals surface area contributed by atoms with Gasteiger partial charge in [0.15, 0.2) is 11.0 Å². The quantitative estimate of drug-likeness (QED) is 0.384. The van der Waals surface area contributed by atoms with Crippen LogP contribution in [0.2, 0.25) is 0 Å². The van der Waals surface area contributed by atoms with Crippen molar-refractivity contribution in [2.75, 3.05) is 12.4 Å². The second-order valence-corrected chi connectivity index (χ2v) is 8.45. The topological polar surface area (TPSA) is 106 Å². The minimum Gasteiger partial charge on any atom is -0.497 e. The molecule has 0 fully saturated rings. The summed E-state index contributed by atoms with van der Waals surface area (Å²) in [5.74, 6) is 1.95. The fraction of sp³-hybridized carbons (Fsp3) is 0.167. The molecule has 4 aromatic rings. The number of aromatic nitrogens is 3. The number of thioether (sulfide) groups is 1. The van der Waals surface area contributed by atoms with Crippen molar-refractivity contribution in [3.8, 4) is 23.2 Å². The Hall–Kier alpha value is -4.03. The number of ether oxygens (including phenoxy) is 1. The monoisotopic (exact) mass is 459 g/mol. The van der Waals surface area contributed by atoms with E-state index < -0.39 is 5.25 Å². The highest BCUT2D eigenvalue weighted by molar-refractivity contribution is 8.00. The number of nitriles is 1. The third-order valence-corrected chi connectivity index (χ3v) is 5.95. The molecule has 0 aliphatic carbocycles. The second kappa shape index (κ2) is 10.1. The first-order valence-electron chi connectivity index (χ1n) is 10.1. The first-order valence-corrected chi connectivity index (χ1v) is 11.0. The molecule has 0 saturated carbocycles. The number of benzene rings is 2. The Balaban J connectivity index is 1.57. The zero-order valence-electron chi connectivity index (χ0n) is 18.1. The van der Waals surface area contributed by atoms with E-state index in [1.165, 1.54) is 11.8 Å². The van der Waals surface area contributed by atoms with Gasteiger partial charge in [0, 0.05) is 11.3 Å². The summed E-state index contributed by atoms with van der Waals surface area (Å²) in [5, 5.41) is 20.8. The van der Waals surface area contributed by atoms with Crippen LogP contribution < -0.4 is 10.1 Å². The molecule has 4 rings (SSSR count). The summed E-state index contributed by atoms with van der Waals surface area (Å²) >= 11 is 1.30. The fourth-order valence-corrected chi connectivity index (χ4v) is 4.00. The number of furan rings is 1. The molecule has 1 N–H and O–H groups in total. The molecule has 2 aromatic carbocycles. The zero-order valence-corrected chi connectivity index (χ0v) is 18.9. The van der Waals surface area contributed by atoms with Crippen LogP contribution in [0.1, 0.15) is 18.2 Å². The minimum absolute atomic E-state index is 0.200. The summed E-state index contributed by atoms with van der Waals surface area (Å²) in [6.45, 7) is 2.22. The van der Waals surface area contributed by atoms with Crippen LogP contribution in [-0.2, 0) is 11.3 Å². The third kappa shape index (κ3) is 5.25. The van der Waals surface area contributed by atoms with Crippen molar-refractivity contribution in [2.45, 2.75) is 23.9 Å². The summed E-state index contributed by atoms with van der Waals surface area (Å²) < 4.78 is 12.7. The van der Waals surface area contributed by atoms with E-state index in [1.807, 2.05) is 41.0 Å². The van der Waals surface area contributed by atoms with Gasteiger partial charge in [-0.15, -0.1) is 10.2 Å². The normalized spacial score (nSPS) is 11.5. The smallest absolute Gasteiger partial charge is 0.237 e. The maximum absolute atomic E-state index is 12.8. The molecule has 0 saturated heterocycles. The Morgan fingerprint density at radius 3 is 2.73 bits per heavy atom. The van der Waals surface area contributed by atoms with Crippen molar-refractivity contribution < 1.29 is 13.9 Å². The molecule has 1 unspecified atom stereocenters. The highest BCUT2D eigenvalue weighted by atomic mass is 32.2. The van der Waals surface area contributed by atoms with E-state index in [2.05, 4.69) is 21.6 Å². The van der Waals surface area contributed by atoms with Gasteiger partial charge in [0.05, 0.1) is 36.8 Å². The number of carbonyl (C=O) groups is 1. The molecule has 1 atom stereocenters. The van der Waals surface area contributed by atoms with Crippen LogP contribution in [0.3, 0.4) is 0 Å². The average Bonchev–Trinajstić information content (AvgIpc) is 3.50. The lowest BCUT2D eigenvalue weighted by molar-refractivity contribution is -0.115. The van der Waals surface area contributed by atoms with E-state index in [9.17, 15) is 4.79 Å². The van der Waals surface area contributed by atoms with Crippen LogP contribution in [0.25, 0.3) is 11.4 Å². The van der Waals surface area contributed by atoms with Gasteiger partial charge in [-0.3, -0.25) is 9.36 Å². The molecule has 0 spiro atoms. The lowest BCUT2D eigenvalue weighted by Gasteiger charge is -2.13. The highest BCUT2D eigenvalue weighted by Gasteiger charge is 2.22. The summed E-state index contributed by atoms with van der Waals surface area (Å²) in [7, 11) is 1.62. The third-order valence-electron chi connectivity index (χ3n) is 4.87. The van der Waals surface area contributed by atoms with Crippen LogP contribution >= 0.6 is 11.8 Å². The lowest BCUT2D eigenvalue weighted by atomic mass is 10.2. The van der Waals surface area contributed by atoms with Gasteiger partial charge in [0.1, 0.15) is 11.5 Å². The summed E-state index contributed by atoms with van der Waals surface area (Å²) in [4.78, 5) is 12.8. The molecule has 0 radical (unpaired) electrons. The molecule has 2 aromatic heterocycles. The van der Waals surface area contributed by atoms with E-state index in [0.29, 0.717) is 28.8 Å². The lowest BCUT2D eigenvalue weighted by Crippen LogP contribution is -2.23. The highest BCUT2D eigenvalue weighted by Crippen LogP contribution is 2.29. The predicted octanol–water partition coefficient (Wildman–Crippen LogP) is 4.59. The molecule has 0 aliphatic heterocycles. The second-order valence-electron chi connectivity index (χ2n) is 7.14. The first kappa shape index (κ1) is 22.2. The number of hydrogen-bond donors (Lipinski definition) is 1. The molecule has 9 heteroatoms. The van der Waals surface area contributed by atoms with Gasteiger partial charge in [0.2, 0.25) is 5.91 Å². The van der Waals surface area contributed by atoms with E-state index in [4.69, 9.17) is 14.4 Å². The molecule has 8 nitrogen and oxygen atoms in total. The number of amides is 1. The molecule has 166 valence electrons. The number of carbonyl (C=O) groups excluding carboxylic acids is 1. The molecule has 33 heavy (non-hydrogen) atoms. The van der Waals surface area contributed by atoms with Crippen LogP contribution in [0.15, 0.2) is 76.5 Å². The van der Waals surface area contributed by atoms with Gasteiger partial charge < -0.3 is 14.5 Å². The van der Waals surface area contributed by atoms with Crippen molar-refractivity contribution >= 4 is 23.4 Å². The van der Waals surface area contributed by atoms with Gasteiger partial charge in [-0.2, -0.15) is 5.26 Å². The maximum Gasteiger partial charge on any atom is 0.237 e. The van der Waals surface area contributed by atoms with E-state index >= 15 is 0 Å². The first-order chi connectivity index (χ1) is 16.1. The van der Waals surface area contributed by atoms with Crippen molar-refractivity contribution in [3.63, 3.8) is 0 Å². The summed E-state index contributed by atoms with van der Waals surface area (Å²) in [5.41, 5.74) is 1.92. The van der Waals surface area contributed by atoms with Gasteiger partial charge in [-0.25, -0.2) is 0 Å². The van der Waals surface area contributed by atoms with Crippen molar-refractivity contribution in [1.82, 2.24) is 14.8 Å². The number of hydrogen-bond acceptors (Lipinski definition) is 7. The molecular formula is C24H21N5O3S. The van der Waals surface area contributed by atoms with Crippen LogP contribution in [0.4, 0.5) is 5.69 Å². The average molecular weight is 460 g/mol. The van der Waals surface area contributed by atoms with E-state index in [-0.39, 0.29) is 5.91 Å².